The molecule has 1 rings (SSSR count). The molecule has 0 aromatic heterocycles. The largest absolute Gasteiger partial charge is 1.00 e. The number of rotatable bonds is 2. The molecule has 1 atom stereocenters. The van der Waals surface area contributed by atoms with Gasteiger partial charge >= 0.3 is 75.1 Å². The second-order valence-electron chi connectivity index (χ2n) is 3.12. The van der Waals surface area contributed by atoms with Gasteiger partial charge in [-0.1, -0.05) is 0 Å². The van der Waals surface area contributed by atoms with E-state index in [1.807, 2.05) is 0 Å². The number of hydrogen-bond acceptors (Lipinski definition) is 0. The molecule has 0 spiro atoms. The van der Waals surface area contributed by atoms with Crippen LogP contribution in [0, 0.1) is 0 Å². The van der Waals surface area contributed by atoms with Gasteiger partial charge in [-0.2, -0.15) is 0 Å². The first-order valence-corrected chi connectivity index (χ1v) is 6.65. The Hall–Kier alpha value is 0.943. The summed E-state index contributed by atoms with van der Waals surface area (Å²) < 4.78 is 1.88. The van der Waals surface area contributed by atoms with Gasteiger partial charge in [-0.15, -0.1) is 0 Å². The Morgan fingerprint density at radius 1 is 1.33 bits per heavy atom. The molecule has 0 aromatic carbocycles. The van der Waals surface area contributed by atoms with Crippen LogP contribution in [0.1, 0.15) is 20.8 Å². The summed E-state index contributed by atoms with van der Waals surface area (Å²) in [6.45, 7) is 6.89. The summed E-state index contributed by atoms with van der Waals surface area (Å²) in [6, 6.07) is 0. The van der Waals surface area contributed by atoms with Gasteiger partial charge in [0.2, 0.25) is 0 Å². The third-order valence-electron chi connectivity index (χ3n) is 1.53. The van der Waals surface area contributed by atoms with Crippen molar-refractivity contribution in [2.24, 2.45) is 0 Å². The van der Waals surface area contributed by atoms with Gasteiger partial charge in [0.25, 0.3) is 0 Å². The monoisotopic (exact) mass is 282 g/mol. The fraction of sp³-hybridized carbons (Fsp3) is 0.556. The van der Waals surface area contributed by atoms with Crippen LogP contribution < -0.4 is 24.8 Å². The standard InChI is InChI=1S/C6H7.C3H7.2ClH.Zr/c1-6-4-2-3-5-6;1-3-2;;;/h2-5H,1H3;3H,1-2H3;2*1H;/q;;;;+2/p-2. The average molecular weight is 284 g/mol. The van der Waals surface area contributed by atoms with Gasteiger partial charge in [-0.25, -0.2) is 0 Å². The molecule has 3 heteroatoms. The van der Waals surface area contributed by atoms with Gasteiger partial charge in [-0.05, 0) is 0 Å². The summed E-state index contributed by atoms with van der Waals surface area (Å²) in [5.41, 5.74) is 1.46. The van der Waals surface area contributed by atoms with Crippen LogP contribution in [0.2, 0.25) is 7.25 Å². The number of halogens is 2. The molecule has 0 bridgehead atoms. The van der Waals surface area contributed by atoms with E-state index in [0.29, 0.717) is 0 Å². The van der Waals surface area contributed by atoms with Crippen molar-refractivity contribution in [2.45, 2.75) is 28.0 Å². The SMILES string of the molecule is CC1=C[CH]([Zr+2][CH](C)C)C=C1.[Cl-].[Cl-]. The fourth-order valence-electron chi connectivity index (χ4n) is 1.14. The summed E-state index contributed by atoms with van der Waals surface area (Å²) in [6.07, 6.45) is 7.06. The first-order chi connectivity index (χ1) is 4.68. The number of hydrogen-bond donors (Lipinski definition) is 0. The second kappa shape index (κ2) is 7.36. The van der Waals surface area contributed by atoms with Crippen molar-refractivity contribution in [3.05, 3.63) is 23.8 Å². The first kappa shape index (κ1) is 15.4. The van der Waals surface area contributed by atoms with E-state index in [9.17, 15) is 0 Å². The van der Waals surface area contributed by atoms with Crippen LogP contribution in [0.15, 0.2) is 23.8 Å². The van der Waals surface area contributed by atoms with Crippen molar-refractivity contribution >= 4 is 0 Å². The van der Waals surface area contributed by atoms with Crippen molar-refractivity contribution in [1.29, 1.82) is 0 Å². The van der Waals surface area contributed by atoms with E-state index < -0.39 is 0 Å². The van der Waals surface area contributed by atoms with Crippen LogP contribution in [-0.4, -0.2) is 0 Å². The molecule has 12 heavy (non-hydrogen) atoms. The van der Waals surface area contributed by atoms with E-state index >= 15 is 0 Å². The molecule has 0 aliphatic heterocycles. The van der Waals surface area contributed by atoms with Gasteiger partial charge in [0.1, 0.15) is 0 Å². The summed E-state index contributed by atoms with van der Waals surface area (Å²) in [5, 5.41) is 0. The van der Waals surface area contributed by atoms with E-state index in [0.717, 1.165) is 7.25 Å². The molecule has 0 saturated heterocycles. The molecule has 0 N–H and O–H groups in total. The van der Waals surface area contributed by atoms with E-state index in [1.165, 1.54) is 5.57 Å². The quantitative estimate of drug-likeness (QED) is 0.514. The van der Waals surface area contributed by atoms with E-state index in [4.69, 9.17) is 0 Å². The van der Waals surface area contributed by atoms with Crippen LogP contribution in [0.25, 0.3) is 0 Å². The maximum atomic E-state index is 2.42. The smallest absolute Gasteiger partial charge is 1.00 e. The summed E-state index contributed by atoms with van der Waals surface area (Å²) in [4.78, 5) is 0. The molecule has 1 aliphatic carbocycles. The minimum absolute atomic E-state index is 0. The van der Waals surface area contributed by atoms with E-state index in [1.54, 1.807) is 0 Å². The number of allylic oxidation sites excluding steroid dienone is 4. The van der Waals surface area contributed by atoms with Crippen molar-refractivity contribution in [3.63, 3.8) is 0 Å². The van der Waals surface area contributed by atoms with Gasteiger partial charge in [0.15, 0.2) is 0 Å². The molecule has 0 fully saturated rings. The normalized spacial score (nSPS) is 19.3. The Bertz CT molecular complexity index is 173. The van der Waals surface area contributed by atoms with Crippen LogP contribution in [0.5, 0.6) is 0 Å². The van der Waals surface area contributed by atoms with Crippen molar-refractivity contribution < 1.29 is 48.0 Å². The summed E-state index contributed by atoms with van der Waals surface area (Å²) in [7, 11) is 0. The maximum Gasteiger partial charge on any atom is -1.00 e. The third kappa shape index (κ3) is 5.57. The van der Waals surface area contributed by atoms with Crippen LogP contribution >= 0.6 is 0 Å². The Balaban J connectivity index is 0. The van der Waals surface area contributed by atoms with Crippen molar-refractivity contribution in [2.75, 3.05) is 0 Å². The summed E-state index contributed by atoms with van der Waals surface area (Å²) >= 11 is -0.135. The second-order valence-corrected chi connectivity index (χ2v) is 8.41. The predicted octanol–water partition coefficient (Wildman–Crippen LogP) is -2.79. The zero-order valence-corrected chi connectivity index (χ0v) is 11.6. The molecule has 1 unspecified atom stereocenters. The topological polar surface area (TPSA) is 0 Å². The Morgan fingerprint density at radius 2 is 1.92 bits per heavy atom. The first-order valence-electron chi connectivity index (χ1n) is 3.81. The Morgan fingerprint density at radius 3 is 2.25 bits per heavy atom. The molecule has 0 heterocycles. The zero-order valence-electron chi connectivity index (χ0n) is 7.64. The van der Waals surface area contributed by atoms with Crippen molar-refractivity contribution in [3.8, 4) is 0 Å². The zero-order chi connectivity index (χ0) is 7.56. The molecule has 0 radical (unpaired) electrons. The molecule has 68 valence electrons. The molecule has 0 amide bonds. The third-order valence-corrected chi connectivity index (χ3v) is 5.00. The Labute approximate surface area is 99.3 Å². The minimum atomic E-state index is -0.135. The summed E-state index contributed by atoms with van der Waals surface area (Å²) in [5.74, 6) is 0. The van der Waals surface area contributed by atoms with Gasteiger partial charge in [0.05, 0.1) is 0 Å². The van der Waals surface area contributed by atoms with E-state index in [2.05, 4.69) is 39.0 Å². The molecular formula is C9H14Cl2Zr. The average Bonchev–Trinajstić information content (AvgIpc) is 2.13. The predicted molar refractivity (Wildman–Crippen MR) is 41.7 cm³/mol. The van der Waals surface area contributed by atoms with Gasteiger partial charge in [-0.3, -0.25) is 0 Å². The fourth-order valence-corrected chi connectivity index (χ4v) is 4.42. The molecular weight excluding hydrogens is 270 g/mol. The Kier molecular flexibility index (Phi) is 9.45. The van der Waals surface area contributed by atoms with Crippen molar-refractivity contribution in [1.82, 2.24) is 0 Å². The van der Waals surface area contributed by atoms with Gasteiger partial charge < -0.3 is 24.8 Å². The molecule has 0 aromatic rings. The molecule has 0 saturated carbocycles. The molecule has 0 nitrogen and oxygen atoms in total. The molecule has 1 aliphatic rings. The van der Waals surface area contributed by atoms with Crippen LogP contribution in [-0.2, 0) is 23.2 Å². The van der Waals surface area contributed by atoms with E-state index in [-0.39, 0.29) is 48.0 Å². The van der Waals surface area contributed by atoms with Crippen LogP contribution in [0.4, 0.5) is 0 Å². The maximum absolute atomic E-state index is 2.42. The van der Waals surface area contributed by atoms with Gasteiger partial charge in [0, 0.05) is 0 Å². The van der Waals surface area contributed by atoms with Crippen LogP contribution in [0.3, 0.4) is 0 Å². The minimum Gasteiger partial charge on any atom is -1.00 e.